The molecule has 8 aliphatic heterocycles. The van der Waals surface area contributed by atoms with Crippen LogP contribution < -0.4 is 5.32 Å². The van der Waals surface area contributed by atoms with E-state index in [-0.39, 0.29) is 44.3 Å². The Bertz CT molecular complexity index is 4150. The number of hydrogen-bond acceptors (Lipinski definition) is 42. The quantitative estimate of drug-likeness (QED) is 0.0105. The first kappa shape index (κ1) is 108. The lowest BCUT2D eigenvalue weighted by Gasteiger charge is -2.71. The van der Waals surface area contributed by atoms with Gasteiger partial charge in [0.15, 0.2) is 56.2 Å². The Morgan fingerprint density at radius 3 is 1.58 bits per heavy atom. The van der Waals surface area contributed by atoms with Crippen LogP contribution in [0.1, 0.15) is 183 Å². The number of fused-ring (bicyclic) bond motifs is 7. The molecule has 12 fully saturated rings. The van der Waals surface area contributed by atoms with Crippen LogP contribution in [0.2, 0.25) is 0 Å². The molecule has 5 aliphatic carbocycles. The van der Waals surface area contributed by atoms with E-state index in [9.17, 15) is 122 Å². The van der Waals surface area contributed by atoms with Crippen LogP contribution in [0, 0.1) is 50.2 Å². The van der Waals surface area contributed by atoms with Crippen LogP contribution in [0.4, 0.5) is 0 Å². The topological polar surface area (TPSA) is 662 Å². The Kier molecular flexibility index (Phi) is 35.2. The van der Waals surface area contributed by atoms with Crippen molar-refractivity contribution in [3.8, 4) is 0 Å². The maximum Gasteiger partial charge on any atom is 0.317 e. The molecule has 8 heterocycles. The van der Waals surface area contributed by atoms with Gasteiger partial charge in [-0.05, 0) is 136 Å². The van der Waals surface area contributed by atoms with Gasteiger partial charge in [-0.15, -0.1) is 0 Å². The number of unbranched alkanes of at least 4 members (excludes halogenated alkanes) is 7. The number of benzene rings is 1. The van der Waals surface area contributed by atoms with Gasteiger partial charge in [-0.1, -0.05) is 122 Å². The summed E-state index contributed by atoms with van der Waals surface area (Å²) in [5.74, 6) is -3.67. The third-order valence-electron chi connectivity index (χ3n) is 32.8. The van der Waals surface area contributed by atoms with E-state index < -0.39 is 328 Å². The van der Waals surface area contributed by atoms with Crippen molar-refractivity contribution in [3.05, 3.63) is 47.5 Å². The maximum absolute atomic E-state index is 16.2. The summed E-state index contributed by atoms with van der Waals surface area (Å²) in [5.41, 5.74) is -4.33. The number of aliphatic hydroxyl groups excluding tert-OH is 21. The highest BCUT2D eigenvalue weighted by Gasteiger charge is 2.74. The van der Waals surface area contributed by atoms with Crippen molar-refractivity contribution in [2.24, 2.45) is 50.2 Å². The third-order valence-corrected chi connectivity index (χ3v) is 32.8. The second-order valence-corrected chi connectivity index (χ2v) is 42.0. The average Bonchev–Trinajstić information content (AvgIpc) is 0.667. The van der Waals surface area contributed by atoms with Crippen LogP contribution >= 0.6 is 0 Å². The minimum Gasteiger partial charge on any atom is -0.461 e. The molecule has 0 unspecified atom stereocenters. The fourth-order valence-corrected chi connectivity index (χ4v) is 24.2. The SMILES string of the molecule is C[C@@H]1O[C@@H](O[C@H]2[C@H](O)[C@@H](C(=O)NCCCCCCCCCCC(=O)OCc3ccccc3)O[C@@H](O[C@H]3CC[C@]4(C)[C@H]5CC=C6[C@@H]7CC(C)(C)CC[C@]7(C(=O)O[C@@H]7O[C@H](C)[C@H](O)[C@H](O)[C@H]7O[C@@H]7O[C@@H](C)[C@H](O[C@@H]8OC[C@@H](O)[C@H](O)[C@H]8O)[C@@H](O[C@@H]8O[C@H](CO)[C@@H](O)[C@H](O[C@@H]9OC[C@@H](O)[C@H](O)[C@H]9O)[C@H]8O)[C@H]7O)[C@H](O)C[C@@]6(C)[C@]5(C)CC[C@H]4[C@]3(C)C=O)[C@@H]2O[C@@H]2O[C@H](CO)[C@H](O)[C@H](O)[C@H]2O)[C@H](O)[C@H](O)[C@H]1O. The van der Waals surface area contributed by atoms with E-state index in [4.69, 9.17) is 80.5 Å². The van der Waals surface area contributed by atoms with Crippen molar-refractivity contribution in [2.75, 3.05) is 33.0 Å². The summed E-state index contributed by atoms with van der Waals surface area (Å²) in [5, 5.41) is 241. The van der Waals surface area contributed by atoms with E-state index in [0.29, 0.717) is 64.2 Å². The summed E-state index contributed by atoms with van der Waals surface area (Å²) < 4.78 is 105. The molecule has 14 rings (SSSR count). The summed E-state index contributed by atoms with van der Waals surface area (Å²) in [6.45, 7) is 13.6. The van der Waals surface area contributed by atoms with Crippen molar-refractivity contribution in [1.29, 1.82) is 0 Å². The molecule has 43 nitrogen and oxygen atoms in total. The third kappa shape index (κ3) is 21.5. The van der Waals surface area contributed by atoms with Gasteiger partial charge in [0.25, 0.3) is 5.91 Å². The number of carbonyl (C=O) groups excluding carboxylic acids is 4. The molecule has 13 aliphatic rings. The smallest absolute Gasteiger partial charge is 0.317 e. The Balaban J connectivity index is 0.703. The Morgan fingerprint density at radius 2 is 0.964 bits per heavy atom. The standard InChI is InChI=1S/C94H147NO42/c1-41-56(103)62(109)67(114)82(124-41)132-74-69(116)76(79(119)95-32-20-15-13-11-10-12-14-19-23-55(102)121-37-44-21-17-16-18-22-44)134-87(78(74)136-83-68(115)63(110)60(107)49(35-96)127-83)129-54-27-28-90(6)51(91(54,7)40-98)26-29-92(8)52(90)25-24-45-46-33-89(4,5)30-31-94(46,53(101)34-93(45,92)9)88(120)137-86-77(64(111)57(104)42(2)125-86)135-84-71(118)75(72(43(3)126-84)130-80-65(112)58(105)47(99)38-122-80)133-85-70(117)73(61(108)50(36-97)128-85)131-81-66(113)59(106)48(100)39-123-81/h16-18,21-22,24,40-43,46-54,56-78,80-87,96-97,99-101,103-118H,10-15,19-20,23,25-39H2,1-9H3,(H,95,119)/t41-,42+,43-,46-,47+,48+,49+,50+,51+,52+,53+,54-,56-,57-,58-,59-,60-,61+,62+,63-,64-,65+,66+,67+,68+,69-,70+,71+,72-,73-,74-,75-,76-,77+,78+,80-,81-,82-,83-,84-,85-,86-,87+,90-,91-,92+,93+,94+/m0/s1. The zero-order chi connectivity index (χ0) is 99.4. The van der Waals surface area contributed by atoms with E-state index in [2.05, 4.69) is 46.0 Å². The van der Waals surface area contributed by atoms with Crippen LogP contribution in [0.15, 0.2) is 42.0 Å². The molecule has 0 aromatic heterocycles. The van der Waals surface area contributed by atoms with E-state index in [1.54, 1.807) is 6.92 Å². The fraction of sp³-hybridized carbons (Fsp3) is 0.872. The van der Waals surface area contributed by atoms with Crippen molar-refractivity contribution >= 4 is 24.1 Å². The molecule has 0 spiro atoms. The summed E-state index contributed by atoms with van der Waals surface area (Å²) in [4.78, 5) is 58.1. The monoisotopic (exact) mass is 1960 g/mol. The van der Waals surface area contributed by atoms with Crippen LogP contribution in [0.25, 0.3) is 0 Å². The van der Waals surface area contributed by atoms with E-state index >= 15 is 4.79 Å². The average molecular weight is 1960 g/mol. The first-order valence-electron chi connectivity index (χ1n) is 48.6. The highest BCUT2D eigenvalue weighted by Crippen LogP contribution is 2.76. The van der Waals surface area contributed by atoms with E-state index in [0.717, 1.165) is 49.5 Å². The van der Waals surface area contributed by atoms with Gasteiger partial charge in [0.05, 0.1) is 62.4 Å². The normalized spacial score (nSPS) is 48.8. The van der Waals surface area contributed by atoms with Crippen molar-refractivity contribution in [1.82, 2.24) is 5.32 Å². The molecule has 1 aromatic rings. The number of esters is 2. The number of allylic oxidation sites excluding steroid dienone is 2. The van der Waals surface area contributed by atoms with Gasteiger partial charge in [0.1, 0.15) is 171 Å². The van der Waals surface area contributed by atoms with Crippen LogP contribution in [0.3, 0.4) is 0 Å². The first-order valence-corrected chi connectivity index (χ1v) is 48.6. The molecule has 22 N–H and O–H groups in total. The Hall–Kier alpha value is -4.40. The van der Waals surface area contributed by atoms with Crippen LogP contribution in [-0.4, -0.2) is 410 Å². The largest absolute Gasteiger partial charge is 0.461 e. The molecule has 48 atom stereocenters. The molecule has 137 heavy (non-hydrogen) atoms. The molecule has 4 saturated carbocycles. The molecule has 0 radical (unpaired) electrons. The molecule has 1 amide bonds. The first-order chi connectivity index (χ1) is 64.8. The molecule has 8 saturated heterocycles. The molecular weight excluding hydrogens is 1810 g/mol. The van der Waals surface area contributed by atoms with Gasteiger partial charge in [0.2, 0.25) is 6.29 Å². The fourth-order valence-electron chi connectivity index (χ4n) is 24.2. The maximum atomic E-state index is 16.2. The second-order valence-electron chi connectivity index (χ2n) is 42.0. The number of aldehydes is 1. The predicted molar refractivity (Wildman–Crippen MR) is 463 cm³/mol. The summed E-state index contributed by atoms with van der Waals surface area (Å²) in [6, 6.07) is 9.42. The van der Waals surface area contributed by atoms with Gasteiger partial charge in [0, 0.05) is 13.0 Å². The molecule has 1 aromatic carbocycles. The lowest BCUT2D eigenvalue weighted by Crippen LogP contribution is -2.70. The zero-order valence-corrected chi connectivity index (χ0v) is 78.8. The van der Waals surface area contributed by atoms with Gasteiger partial charge in [-0.3, -0.25) is 14.4 Å². The van der Waals surface area contributed by atoms with Gasteiger partial charge < -0.3 is 198 Å². The molecule has 0 bridgehead atoms. The Labute approximate surface area is 794 Å². The molecule has 43 heteroatoms. The summed E-state index contributed by atoms with van der Waals surface area (Å²) >= 11 is 0. The van der Waals surface area contributed by atoms with Gasteiger partial charge in [-0.25, -0.2) is 0 Å². The lowest BCUT2D eigenvalue weighted by molar-refractivity contribution is -0.399. The minimum absolute atomic E-state index is 0.0149. The van der Waals surface area contributed by atoms with E-state index in [1.165, 1.54) is 20.8 Å². The van der Waals surface area contributed by atoms with Gasteiger partial charge >= 0.3 is 11.9 Å². The number of rotatable bonds is 33. The van der Waals surface area contributed by atoms with Crippen molar-refractivity contribution in [3.63, 3.8) is 0 Å². The van der Waals surface area contributed by atoms with Crippen LogP contribution in [0.5, 0.6) is 0 Å². The number of hydrogen-bond donors (Lipinski definition) is 22. The number of amides is 1. The highest BCUT2D eigenvalue weighted by molar-refractivity contribution is 5.82. The second kappa shape index (κ2) is 44.5. The highest BCUT2D eigenvalue weighted by atomic mass is 16.8. The summed E-state index contributed by atoms with van der Waals surface area (Å²) in [7, 11) is 0. The number of ether oxygens (including phenoxy) is 17. The Morgan fingerprint density at radius 1 is 0.453 bits per heavy atom. The van der Waals surface area contributed by atoms with Crippen molar-refractivity contribution in [2.45, 2.75) is 430 Å². The minimum atomic E-state index is -2.23. The lowest BCUT2D eigenvalue weighted by atomic mass is 9.33. The number of nitrogens with one attached hydrogen (secondary N) is 1. The predicted octanol–water partition coefficient (Wildman–Crippen LogP) is -3.85. The molecular formula is C94H147NO42. The van der Waals surface area contributed by atoms with Crippen LogP contribution in [-0.2, 0) is 106 Å². The van der Waals surface area contributed by atoms with E-state index in [1.807, 2.05) is 30.3 Å². The van der Waals surface area contributed by atoms with Crippen molar-refractivity contribution < 1.29 is 207 Å². The molecule has 780 valence electrons. The number of aliphatic hydroxyl groups is 21. The summed E-state index contributed by atoms with van der Waals surface area (Å²) in [6.07, 6.45) is -61.5. The zero-order valence-electron chi connectivity index (χ0n) is 78.8. The van der Waals surface area contributed by atoms with Gasteiger partial charge in [-0.2, -0.15) is 0 Å². The number of carbonyl (C=O) groups is 4.